The van der Waals surface area contributed by atoms with Gasteiger partial charge in [-0.1, -0.05) is 164 Å². The SMILES string of the molecule is [2H]c1c([2H])c([2H])c(-c2ccc(-c3c4ccccc4c(-c4cccc5oc6ccc(-c7ccccc7)cc6c45)c4ccccc34)c3ccccc23)c([2H])c1[2H]. The zero-order valence-corrected chi connectivity index (χ0v) is 26.3. The Morgan fingerprint density at radius 1 is 0.347 bits per heavy atom. The number of rotatable bonds is 4. The fraction of sp³-hybridized carbons (Fsp3) is 0. The van der Waals surface area contributed by atoms with Crippen LogP contribution >= 0.6 is 0 Å². The molecule has 0 fully saturated rings. The second-order valence-electron chi connectivity index (χ2n) is 12.4. The molecule has 0 aliphatic carbocycles. The smallest absolute Gasteiger partial charge is 0.136 e. The van der Waals surface area contributed by atoms with Crippen molar-refractivity contribution in [3.8, 4) is 44.5 Å². The molecule has 0 saturated carbocycles. The van der Waals surface area contributed by atoms with Crippen LogP contribution in [0.5, 0.6) is 0 Å². The molecule has 10 rings (SSSR count). The molecule has 0 bridgehead atoms. The van der Waals surface area contributed by atoms with Crippen LogP contribution in [0.2, 0.25) is 0 Å². The molecule has 0 radical (unpaired) electrons. The van der Waals surface area contributed by atoms with Gasteiger partial charge in [0.15, 0.2) is 0 Å². The van der Waals surface area contributed by atoms with E-state index in [1.165, 1.54) is 0 Å². The first-order valence-corrected chi connectivity index (χ1v) is 16.4. The fourth-order valence-corrected chi connectivity index (χ4v) is 7.67. The predicted octanol–water partition coefficient (Wildman–Crippen LogP) is 13.7. The molecule has 49 heavy (non-hydrogen) atoms. The first-order valence-electron chi connectivity index (χ1n) is 18.9. The highest BCUT2D eigenvalue weighted by molar-refractivity contribution is 6.27. The van der Waals surface area contributed by atoms with Crippen molar-refractivity contribution >= 4 is 54.3 Å². The number of benzene rings is 9. The molecule has 0 unspecified atom stereocenters. The van der Waals surface area contributed by atoms with Gasteiger partial charge in [-0.25, -0.2) is 0 Å². The Balaban J connectivity index is 1.28. The van der Waals surface area contributed by atoms with Crippen LogP contribution in [0.25, 0.3) is 98.8 Å². The van der Waals surface area contributed by atoms with Gasteiger partial charge in [-0.3, -0.25) is 0 Å². The summed E-state index contributed by atoms with van der Waals surface area (Å²) in [5, 5.41) is 8.26. The van der Waals surface area contributed by atoms with E-state index < -0.39 is 6.04 Å². The lowest BCUT2D eigenvalue weighted by Crippen LogP contribution is -1.92. The average molecular weight is 628 g/mol. The highest BCUT2D eigenvalue weighted by Crippen LogP contribution is 2.48. The normalized spacial score (nSPS) is 13.1. The van der Waals surface area contributed by atoms with Crippen LogP contribution in [0, 0.1) is 0 Å². The molecule has 0 saturated heterocycles. The largest absolute Gasteiger partial charge is 0.456 e. The lowest BCUT2D eigenvalue weighted by Gasteiger charge is -2.20. The van der Waals surface area contributed by atoms with Gasteiger partial charge >= 0.3 is 0 Å². The maximum atomic E-state index is 8.76. The Hall–Kier alpha value is -6.44. The van der Waals surface area contributed by atoms with E-state index in [-0.39, 0.29) is 29.7 Å². The average Bonchev–Trinajstić information content (AvgIpc) is 3.60. The van der Waals surface area contributed by atoms with Crippen LogP contribution in [0.4, 0.5) is 0 Å². The first-order chi connectivity index (χ1) is 26.4. The molecule has 1 nitrogen and oxygen atoms in total. The van der Waals surface area contributed by atoms with Crippen molar-refractivity contribution in [2.75, 3.05) is 0 Å². The maximum Gasteiger partial charge on any atom is 0.136 e. The summed E-state index contributed by atoms with van der Waals surface area (Å²) in [6.07, 6.45) is 0. The zero-order valence-electron chi connectivity index (χ0n) is 31.3. The summed E-state index contributed by atoms with van der Waals surface area (Å²) in [4.78, 5) is 0. The van der Waals surface area contributed by atoms with E-state index in [1.54, 1.807) is 0 Å². The van der Waals surface area contributed by atoms with Gasteiger partial charge in [-0.05, 0) is 95.0 Å². The van der Waals surface area contributed by atoms with E-state index in [9.17, 15) is 0 Å². The van der Waals surface area contributed by atoms with Gasteiger partial charge in [0.05, 0.1) is 6.85 Å². The number of hydrogen-bond donors (Lipinski definition) is 0. The summed E-state index contributed by atoms with van der Waals surface area (Å²) in [7, 11) is 0. The van der Waals surface area contributed by atoms with Gasteiger partial charge in [-0.2, -0.15) is 0 Å². The number of furan rings is 1. The molecular formula is C48H30O. The van der Waals surface area contributed by atoms with Crippen molar-refractivity contribution in [1.82, 2.24) is 0 Å². The molecule has 0 aliphatic rings. The van der Waals surface area contributed by atoms with Gasteiger partial charge < -0.3 is 4.42 Å². The van der Waals surface area contributed by atoms with Gasteiger partial charge in [0.2, 0.25) is 0 Å². The predicted molar refractivity (Wildman–Crippen MR) is 208 cm³/mol. The summed E-state index contributed by atoms with van der Waals surface area (Å²) < 4.78 is 48.9. The monoisotopic (exact) mass is 627 g/mol. The first kappa shape index (κ1) is 23.0. The number of hydrogen-bond acceptors (Lipinski definition) is 1. The molecule has 228 valence electrons. The molecule has 0 spiro atoms. The lowest BCUT2D eigenvalue weighted by molar-refractivity contribution is 0.669. The summed E-state index contributed by atoms with van der Waals surface area (Å²) in [6.45, 7) is 0. The highest BCUT2D eigenvalue weighted by atomic mass is 16.3. The Bertz CT molecular complexity index is 3080. The fourth-order valence-electron chi connectivity index (χ4n) is 7.67. The molecule has 0 amide bonds. The lowest BCUT2D eigenvalue weighted by atomic mass is 9.83. The molecule has 0 N–H and O–H groups in total. The van der Waals surface area contributed by atoms with Crippen molar-refractivity contribution in [1.29, 1.82) is 0 Å². The van der Waals surface area contributed by atoms with Crippen LogP contribution in [0.1, 0.15) is 6.85 Å². The Morgan fingerprint density at radius 3 is 1.59 bits per heavy atom. The third-order valence-corrected chi connectivity index (χ3v) is 9.77. The minimum absolute atomic E-state index is 0.199. The van der Waals surface area contributed by atoms with Crippen molar-refractivity contribution in [2.45, 2.75) is 0 Å². The minimum Gasteiger partial charge on any atom is -0.456 e. The van der Waals surface area contributed by atoms with Gasteiger partial charge in [0.1, 0.15) is 11.2 Å². The molecule has 0 atom stereocenters. The Morgan fingerprint density at radius 2 is 0.918 bits per heavy atom. The van der Waals surface area contributed by atoms with E-state index in [1.807, 2.05) is 42.5 Å². The van der Waals surface area contributed by atoms with E-state index in [2.05, 4.69) is 109 Å². The van der Waals surface area contributed by atoms with Crippen LogP contribution in [-0.2, 0) is 0 Å². The molecule has 10 aromatic rings. The molecule has 1 heteroatoms. The third-order valence-electron chi connectivity index (χ3n) is 9.77. The number of fused-ring (bicyclic) bond motifs is 6. The summed E-state index contributed by atoms with van der Waals surface area (Å²) in [6, 6.07) is 50.6. The van der Waals surface area contributed by atoms with Gasteiger partial charge in [0, 0.05) is 10.8 Å². The second kappa shape index (κ2) is 11.1. The molecule has 1 aromatic heterocycles. The van der Waals surface area contributed by atoms with E-state index >= 15 is 0 Å². The quantitative estimate of drug-likeness (QED) is 0.177. The van der Waals surface area contributed by atoms with Crippen molar-refractivity contribution in [3.05, 3.63) is 182 Å². The second-order valence-corrected chi connectivity index (χ2v) is 12.4. The van der Waals surface area contributed by atoms with Crippen LogP contribution in [0.3, 0.4) is 0 Å². The molecular weight excluding hydrogens is 593 g/mol. The molecule has 0 aliphatic heterocycles. The zero-order chi connectivity index (χ0) is 36.7. The van der Waals surface area contributed by atoms with Crippen molar-refractivity contribution < 1.29 is 11.3 Å². The summed E-state index contributed by atoms with van der Waals surface area (Å²) in [5.74, 6) is 0. The minimum atomic E-state index is -0.400. The highest BCUT2D eigenvalue weighted by Gasteiger charge is 2.21. The van der Waals surface area contributed by atoms with E-state index in [4.69, 9.17) is 11.3 Å². The van der Waals surface area contributed by atoms with Crippen LogP contribution in [-0.4, -0.2) is 0 Å². The Kier molecular flexibility index (Phi) is 5.20. The summed E-state index contributed by atoms with van der Waals surface area (Å²) >= 11 is 0. The van der Waals surface area contributed by atoms with E-state index in [0.29, 0.717) is 5.56 Å². The van der Waals surface area contributed by atoms with Gasteiger partial charge in [-0.15, -0.1) is 0 Å². The maximum absolute atomic E-state index is 8.76. The molecule has 1 heterocycles. The topological polar surface area (TPSA) is 13.1 Å². The Labute approximate surface area is 291 Å². The molecule has 9 aromatic carbocycles. The summed E-state index contributed by atoms with van der Waals surface area (Å²) in [5.41, 5.74) is 9.05. The van der Waals surface area contributed by atoms with Crippen LogP contribution < -0.4 is 0 Å². The third kappa shape index (κ3) is 4.33. The standard InChI is InChI=1S/C48H30O/c1-3-14-31(15-4-1)33-26-29-44-43(30-33)48-42(24-13-25-45(48)49-44)47-39-22-11-9-20-37(39)46(38-21-10-12-23-40(38)47)41-28-27-34(32-16-5-2-6-17-32)35-18-7-8-19-36(35)41/h1-30H/i2D,5D,6D,16D,17D. The van der Waals surface area contributed by atoms with Crippen molar-refractivity contribution in [3.63, 3.8) is 0 Å². The van der Waals surface area contributed by atoms with E-state index in [0.717, 1.165) is 87.6 Å². The van der Waals surface area contributed by atoms with Crippen LogP contribution in [0.15, 0.2) is 186 Å². The van der Waals surface area contributed by atoms with Crippen molar-refractivity contribution in [2.24, 2.45) is 0 Å². The van der Waals surface area contributed by atoms with Gasteiger partial charge in [0.25, 0.3) is 0 Å².